The molecule has 0 aliphatic heterocycles. The molecular formula is C13H19ClN2O. The van der Waals surface area contributed by atoms with Gasteiger partial charge < -0.3 is 4.74 Å². The third-order valence-corrected chi connectivity index (χ3v) is 2.64. The average Bonchev–Trinajstić information content (AvgIpc) is 2.29. The lowest BCUT2D eigenvalue weighted by Crippen LogP contribution is -2.39. The number of hydrazine groups is 1. The second-order valence-corrected chi connectivity index (χ2v) is 4.56. The first-order chi connectivity index (χ1) is 8.11. The largest absolute Gasteiger partial charge is 0.492 e. The highest BCUT2D eigenvalue weighted by atomic mass is 35.5. The summed E-state index contributed by atoms with van der Waals surface area (Å²) in [4.78, 5) is 0. The molecule has 1 aromatic rings. The summed E-state index contributed by atoms with van der Waals surface area (Å²) in [6.07, 6.45) is 1.85. The summed E-state index contributed by atoms with van der Waals surface area (Å²) in [6.45, 7) is 6.39. The van der Waals surface area contributed by atoms with Gasteiger partial charge in [-0.25, -0.2) is 0 Å². The maximum absolute atomic E-state index is 5.86. The Morgan fingerprint density at radius 1 is 1.59 bits per heavy atom. The number of hydrogen-bond donors (Lipinski definition) is 2. The molecule has 0 saturated carbocycles. The summed E-state index contributed by atoms with van der Waals surface area (Å²) >= 11 is 5.86. The normalized spacial score (nSPS) is 12.2. The lowest BCUT2D eigenvalue weighted by atomic mass is 10.1. The van der Waals surface area contributed by atoms with Crippen molar-refractivity contribution >= 4 is 11.6 Å². The van der Waals surface area contributed by atoms with Gasteiger partial charge in [0.2, 0.25) is 0 Å². The molecule has 3 N–H and O–H groups in total. The summed E-state index contributed by atoms with van der Waals surface area (Å²) in [5.74, 6) is 6.22. The number of ether oxygens (including phenoxy) is 1. The average molecular weight is 255 g/mol. The van der Waals surface area contributed by atoms with E-state index < -0.39 is 0 Å². The van der Waals surface area contributed by atoms with Gasteiger partial charge in [0.1, 0.15) is 12.4 Å². The molecular weight excluding hydrogens is 236 g/mol. The summed E-state index contributed by atoms with van der Waals surface area (Å²) in [5, 5.41) is 0.668. The lowest BCUT2D eigenvalue weighted by molar-refractivity contribution is 0.258. The molecule has 0 spiro atoms. The van der Waals surface area contributed by atoms with Gasteiger partial charge in [-0.1, -0.05) is 23.2 Å². The van der Waals surface area contributed by atoms with Gasteiger partial charge in [-0.05, 0) is 38.0 Å². The fourth-order valence-corrected chi connectivity index (χ4v) is 1.57. The zero-order valence-electron chi connectivity index (χ0n) is 10.1. The first kappa shape index (κ1) is 14.0. The van der Waals surface area contributed by atoms with Crippen LogP contribution < -0.4 is 16.0 Å². The van der Waals surface area contributed by atoms with Crippen LogP contribution in [-0.2, 0) is 0 Å². The molecule has 0 amide bonds. The molecule has 0 saturated heterocycles. The maximum atomic E-state index is 5.86. The zero-order valence-corrected chi connectivity index (χ0v) is 10.8. The van der Waals surface area contributed by atoms with Crippen molar-refractivity contribution in [3.05, 3.63) is 41.4 Å². The molecule has 94 valence electrons. The second-order valence-electron chi connectivity index (χ2n) is 4.13. The summed E-state index contributed by atoms with van der Waals surface area (Å²) in [5.41, 5.74) is 3.89. The monoisotopic (exact) mass is 254 g/mol. The quantitative estimate of drug-likeness (QED) is 0.447. The van der Waals surface area contributed by atoms with E-state index in [0.717, 1.165) is 24.2 Å². The number of benzene rings is 1. The van der Waals surface area contributed by atoms with Crippen molar-refractivity contribution < 1.29 is 4.74 Å². The fourth-order valence-electron chi connectivity index (χ4n) is 1.39. The minimum Gasteiger partial charge on any atom is -0.492 e. The summed E-state index contributed by atoms with van der Waals surface area (Å²) < 4.78 is 5.62. The van der Waals surface area contributed by atoms with E-state index in [1.165, 1.54) is 0 Å². The van der Waals surface area contributed by atoms with E-state index in [1.807, 2.05) is 25.1 Å². The molecule has 1 rings (SSSR count). The number of nitrogens with two attached hydrogens (primary N) is 1. The minimum atomic E-state index is 0.116. The number of rotatable bonds is 7. The molecule has 0 aliphatic carbocycles. The third kappa shape index (κ3) is 5.73. The van der Waals surface area contributed by atoms with E-state index >= 15 is 0 Å². The Balaban J connectivity index is 2.39. The van der Waals surface area contributed by atoms with Crippen LogP contribution in [0, 0.1) is 0 Å². The van der Waals surface area contributed by atoms with E-state index in [0.29, 0.717) is 11.6 Å². The van der Waals surface area contributed by atoms with Crippen molar-refractivity contribution in [2.45, 2.75) is 25.8 Å². The van der Waals surface area contributed by atoms with E-state index in [9.17, 15) is 0 Å². The van der Waals surface area contributed by atoms with Crippen molar-refractivity contribution in [3.8, 4) is 5.75 Å². The van der Waals surface area contributed by atoms with E-state index in [4.69, 9.17) is 22.2 Å². The van der Waals surface area contributed by atoms with Gasteiger partial charge in [0.15, 0.2) is 0 Å². The summed E-state index contributed by atoms with van der Waals surface area (Å²) in [7, 11) is 0. The molecule has 0 heterocycles. The van der Waals surface area contributed by atoms with Crippen molar-refractivity contribution in [2.24, 2.45) is 5.84 Å². The van der Waals surface area contributed by atoms with Crippen LogP contribution >= 0.6 is 11.6 Å². The van der Waals surface area contributed by atoms with Crippen LogP contribution in [0.15, 0.2) is 36.4 Å². The standard InChI is InChI=1S/C13H19ClN2O/c1-10(2)6-7-12(16-15)9-17-13-5-3-4-11(14)8-13/h3-5,8,12,16H,1,6-7,9,15H2,2H3. The molecule has 1 atom stereocenters. The Hall–Kier alpha value is -1.03. The van der Waals surface area contributed by atoms with Crippen LogP contribution in [0.2, 0.25) is 5.02 Å². The van der Waals surface area contributed by atoms with Crippen LogP contribution in [0.3, 0.4) is 0 Å². The molecule has 1 aromatic carbocycles. The van der Waals surface area contributed by atoms with E-state index in [-0.39, 0.29) is 6.04 Å². The van der Waals surface area contributed by atoms with E-state index in [2.05, 4.69) is 12.0 Å². The van der Waals surface area contributed by atoms with Crippen LogP contribution in [0.25, 0.3) is 0 Å². The highest BCUT2D eigenvalue weighted by Crippen LogP contribution is 2.17. The molecule has 17 heavy (non-hydrogen) atoms. The third-order valence-electron chi connectivity index (χ3n) is 2.40. The Morgan fingerprint density at radius 2 is 2.35 bits per heavy atom. The number of allylic oxidation sites excluding steroid dienone is 1. The molecule has 0 fully saturated rings. The van der Waals surface area contributed by atoms with Gasteiger partial charge in [0.05, 0.1) is 6.04 Å². The first-order valence-electron chi connectivity index (χ1n) is 5.60. The molecule has 0 radical (unpaired) electrons. The Kier molecular flexibility index (Phi) is 6.05. The predicted molar refractivity (Wildman–Crippen MR) is 72.1 cm³/mol. The summed E-state index contributed by atoms with van der Waals surface area (Å²) in [6, 6.07) is 7.45. The molecule has 0 aromatic heterocycles. The molecule has 3 nitrogen and oxygen atoms in total. The SMILES string of the molecule is C=C(C)CCC(COc1cccc(Cl)c1)NN. The molecule has 0 aliphatic rings. The smallest absolute Gasteiger partial charge is 0.120 e. The number of halogens is 1. The highest BCUT2D eigenvalue weighted by molar-refractivity contribution is 6.30. The van der Waals surface area contributed by atoms with E-state index in [1.54, 1.807) is 6.07 Å². The van der Waals surface area contributed by atoms with Crippen LogP contribution in [-0.4, -0.2) is 12.6 Å². The van der Waals surface area contributed by atoms with Gasteiger partial charge >= 0.3 is 0 Å². The first-order valence-corrected chi connectivity index (χ1v) is 5.98. The lowest BCUT2D eigenvalue weighted by Gasteiger charge is -2.16. The highest BCUT2D eigenvalue weighted by Gasteiger charge is 2.07. The molecule has 4 heteroatoms. The van der Waals surface area contributed by atoms with Crippen LogP contribution in [0.1, 0.15) is 19.8 Å². The Bertz CT molecular complexity index is 368. The topological polar surface area (TPSA) is 47.3 Å². The van der Waals surface area contributed by atoms with Gasteiger partial charge in [-0.2, -0.15) is 0 Å². The van der Waals surface area contributed by atoms with Gasteiger partial charge in [-0.3, -0.25) is 11.3 Å². The van der Waals surface area contributed by atoms with Crippen LogP contribution in [0.4, 0.5) is 0 Å². The van der Waals surface area contributed by atoms with Gasteiger partial charge in [0, 0.05) is 5.02 Å². The second kappa shape index (κ2) is 7.33. The minimum absolute atomic E-state index is 0.116. The molecule has 1 unspecified atom stereocenters. The fraction of sp³-hybridized carbons (Fsp3) is 0.385. The van der Waals surface area contributed by atoms with Crippen molar-refractivity contribution in [3.63, 3.8) is 0 Å². The molecule has 0 bridgehead atoms. The Labute approximate surface area is 108 Å². The predicted octanol–water partition coefficient (Wildman–Crippen LogP) is 2.91. The Morgan fingerprint density at radius 3 is 2.94 bits per heavy atom. The van der Waals surface area contributed by atoms with Crippen molar-refractivity contribution in [1.29, 1.82) is 0 Å². The van der Waals surface area contributed by atoms with Crippen LogP contribution in [0.5, 0.6) is 5.75 Å². The van der Waals surface area contributed by atoms with Gasteiger partial charge in [0.25, 0.3) is 0 Å². The van der Waals surface area contributed by atoms with Crippen molar-refractivity contribution in [1.82, 2.24) is 5.43 Å². The number of nitrogens with one attached hydrogen (secondary N) is 1. The van der Waals surface area contributed by atoms with Crippen molar-refractivity contribution in [2.75, 3.05) is 6.61 Å². The maximum Gasteiger partial charge on any atom is 0.120 e. The zero-order chi connectivity index (χ0) is 12.7. The van der Waals surface area contributed by atoms with Gasteiger partial charge in [-0.15, -0.1) is 6.58 Å². The number of hydrogen-bond acceptors (Lipinski definition) is 3.